The van der Waals surface area contributed by atoms with Crippen LogP contribution in [-0.2, 0) is 11.2 Å². The van der Waals surface area contributed by atoms with Crippen LogP contribution in [-0.4, -0.2) is 25.0 Å². The SMILES string of the molecule is CC(C)NC(=O)C1CCC(CNc2c(N3CCc4ccccc43)c(=O)c2=O)CC1. The van der Waals surface area contributed by atoms with Crippen molar-refractivity contribution >= 4 is 23.0 Å². The fourth-order valence-electron chi connectivity index (χ4n) is 4.65. The molecule has 154 valence electrons. The predicted molar refractivity (Wildman–Crippen MR) is 116 cm³/mol. The Bertz CT molecular complexity index is 966. The lowest BCUT2D eigenvalue weighted by Crippen LogP contribution is -2.41. The molecule has 0 aromatic heterocycles. The van der Waals surface area contributed by atoms with Crippen molar-refractivity contribution in [3.05, 3.63) is 50.3 Å². The van der Waals surface area contributed by atoms with Crippen LogP contribution in [0.2, 0.25) is 0 Å². The molecule has 0 atom stereocenters. The summed E-state index contributed by atoms with van der Waals surface area (Å²) < 4.78 is 0. The first-order chi connectivity index (χ1) is 14.0. The lowest BCUT2D eigenvalue weighted by molar-refractivity contribution is -0.126. The van der Waals surface area contributed by atoms with Gasteiger partial charge in [-0.1, -0.05) is 18.2 Å². The second-order valence-corrected chi connectivity index (χ2v) is 8.67. The van der Waals surface area contributed by atoms with Gasteiger partial charge in [-0.3, -0.25) is 14.4 Å². The monoisotopic (exact) mass is 395 g/mol. The normalized spacial score (nSPS) is 21.4. The average Bonchev–Trinajstić information content (AvgIpc) is 3.13. The first kappa shape index (κ1) is 19.7. The van der Waals surface area contributed by atoms with E-state index in [-0.39, 0.29) is 17.9 Å². The predicted octanol–water partition coefficient (Wildman–Crippen LogP) is 2.72. The molecule has 0 unspecified atom stereocenters. The van der Waals surface area contributed by atoms with E-state index in [4.69, 9.17) is 0 Å². The van der Waals surface area contributed by atoms with Gasteiger partial charge in [0.15, 0.2) is 0 Å². The third-order valence-corrected chi connectivity index (χ3v) is 6.26. The highest BCUT2D eigenvalue weighted by atomic mass is 16.2. The zero-order chi connectivity index (χ0) is 20.5. The van der Waals surface area contributed by atoms with Crippen LogP contribution in [0.1, 0.15) is 45.1 Å². The lowest BCUT2D eigenvalue weighted by Gasteiger charge is -2.30. The summed E-state index contributed by atoms with van der Waals surface area (Å²) in [5.74, 6) is 0.668. The molecule has 2 aliphatic rings. The third-order valence-electron chi connectivity index (χ3n) is 6.26. The molecule has 1 fully saturated rings. The molecule has 6 heteroatoms. The molecule has 0 saturated heterocycles. The number of hydrogen-bond donors (Lipinski definition) is 2. The van der Waals surface area contributed by atoms with Gasteiger partial charge in [0.25, 0.3) is 10.9 Å². The molecule has 6 nitrogen and oxygen atoms in total. The number of para-hydroxylation sites is 1. The molecule has 1 amide bonds. The van der Waals surface area contributed by atoms with Crippen LogP contribution < -0.4 is 26.4 Å². The van der Waals surface area contributed by atoms with E-state index in [9.17, 15) is 14.4 Å². The number of benzene rings is 1. The molecule has 1 saturated carbocycles. The van der Waals surface area contributed by atoms with Crippen molar-refractivity contribution in [2.45, 2.75) is 52.0 Å². The average molecular weight is 396 g/mol. The van der Waals surface area contributed by atoms with E-state index < -0.39 is 10.9 Å². The maximum Gasteiger partial charge on any atom is 0.253 e. The van der Waals surface area contributed by atoms with Gasteiger partial charge in [-0.05, 0) is 63.5 Å². The zero-order valence-electron chi connectivity index (χ0n) is 17.2. The minimum absolute atomic E-state index is 0.0939. The second-order valence-electron chi connectivity index (χ2n) is 8.67. The van der Waals surface area contributed by atoms with E-state index in [0.29, 0.717) is 23.8 Å². The van der Waals surface area contributed by atoms with Crippen molar-refractivity contribution in [2.75, 3.05) is 23.3 Å². The number of carbonyl (C=O) groups excluding carboxylic acids is 1. The van der Waals surface area contributed by atoms with Crippen molar-refractivity contribution < 1.29 is 4.79 Å². The topological polar surface area (TPSA) is 78.5 Å². The van der Waals surface area contributed by atoms with Crippen LogP contribution in [0.25, 0.3) is 0 Å². The van der Waals surface area contributed by atoms with Crippen LogP contribution in [0.5, 0.6) is 0 Å². The minimum Gasteiger partial charge on any atom is -0.380 e. The molecule has 1 heterocycles. The standard InChI is InChI=1S/C23H29N3O3/c1-14(2)25-23(29)17-9-7-15(8-10-17)13-24-19-20(22(28)21(19)27)26-12-11-16-5-3-4-6-18(16)26/h3-6,14-15,17,24H,7-13H2,1-2H3,(H,25,29). The maximum atomic E-state index is 12.3. The summed E-state index contributed by atoms with van der Waals surface area (Å²) in [5, 5.41) is 6.27. The molecule has 1 aliphatic heterocycles. The Balaban J connectivity index is 1.37. The van der Waals surface area contributed by atoms with Gasteiger partial charge < -0.3 is 15.5 Å². The third kappa shape index (κ3) is 3.80. The van der Waals surface area contributed by atoms with Crippen molar-refractivity contribution in [1.82, 2.24) is 5.32 Å². The number of anilines is 3. The van der Waals surface area contributed by atoms with Gasteiger partial charge in [0, 0.05) is 30.7 Å². The smallest absolute Gasteiger partial charge is 0.253 e. The van der Waals surface area contributed by atoms with Crippen molar-refractivity contribution in [3.8, 4) is 0 Å². The van der Waals surface area contributed by atoms with Crippen LogP contribution >= 0.6 is 0 Å². The summed E-state index contributed by atoms with van der Waals surface area (Å²) in [7, 11) is 0. The van der Waals surface area contributed by atoms with Crippen molar-refractivity contribution in [1.29, 1.82) is 0 Å². The maximum absolute atomic E-state index is 12.3. The van der Waals surface area contributed by atoms with E-state index in [2.05, 4.69) is 16.7 Å². The number of carbonyl (C=O) groups is 1. The summed E-state index contributed by atoms with van der Waals surface area (Å²) in [5.41, 5.74) is 2.42. The molecule has 0 spiro atoms. The van der Waals surface area contributed by atoms with Crippen LogP contribution in [0.15, 0.2) is 33.9 Å². The molecule has 0 bridgehead atoms. The largest absolute Gasteiger partial charge is 0.380 e. The van der Waals surface area contributed by atoms with E-state index in [1.54, 1.807) is 0 Å². The number of amides is 1. The molecular weight excluding hydrogens is 366 g/mol. The first-order valence-electron chi connectivity index (χ1n) is 10.7. The van der Waals surface area contributed by atoms with Crippen LogP contribution in [0.4, 0.5) is 17.1 Å². The number of rotatable bonds is 6. The fraction of sp³-hybridized carbons (Fsp3) is 0.522. The summed E-state index contributed by atoms with van der Waals surface area (Å²) in [6.07, 6.45) is 4.56. The molecular formula is C23H29N3O3. The number of hydrogen-bond acceptors (Lipinski definition) is 5. The van der Waals surface area contributed by atoms with Crippen LogP contribution in [0.3, 0.4) is 0 Å². The Labute approximate surface area is 171 Å². The van der Waals surface area contributed by atoms with Gasteiger partial charge in [-0.15, -0.1) is 0 Å². The molecule has 29 heavy (non-hydrogen) atoms. The molecule has 2 N–H and O–H groups in total. The van der Waals surface area contributed by atoms with Crippen molar-refractivity contribution in [3.63, 3.8) is 0 Å². The van der Waals surface area contributed by atoms with Crippen LogP contribution in [0, 0.1) is 11.8 Å². The highest BCUT2D eigenvalue weighted by Gasteiger charge is 2.32. The zero-order valence-corrected chi connectivity index (χ0v) is 17.2. The van der Waals surface area contributed by atoms with E-state index >= 15 is 0 Å². The molecule has 1 aliphatic carbocycles. The van der Waals surface area contributed by atoms with Gasteiger partial charge in [-0.2, -0.15) is 0 Å². The van der Waals surface area contributed by atoms with E-state index in [1.807, 2.05) is 36.9 Å². The quantitative estimate of drug-likeness (QED) is 0.736. The van der Waals surface area contributed by atoms with Gasteiger partial charge >= 0.3 is 0 Å². The molecule has 4 rings (SSSR count). The summed E-state index contributed by atoms with van der Waals surface area (Å²) in [6, 6.07) is 8.21. The van der Waals surface area contributed by atoms with Gasteiger partial charge in [0.05, 0.1) is 0 Å². The lowest BCUT2D eigenvalue weighted by atomic mass is 9.81. The van der Waals surface area contributed by atoms with Crippen molar-refractivity contribution in [2.24, 2.45) is 11.8 Å². The second kappa shape index (κ2) is 8.01. The van der Waals surface area contributed by atoms with Gasteiger partial charge in [0.2, 0.25) is 5.91 Å². The minimum atomic E-state index is -0.408. The summed E-state index contributed by atoms with van der Waals surface area (Å²) in [4.78, 5) is 38.7. The number of nitrogens with one attached hydrogen (secondary N) is 2. The Morgan fingerprint density at radius 1 is 1.10 bits per heavy atom. The first-order valence-corrected chi connectivity index (χ1v) is 10.7. The van der Waals surface area contributed by atoms with E-state index in [1.165, 1.54) is 5.56 Å². The number of nitrogens with zero attached hydrogens (tertiary/aromatic N) is 1. The number of fused-ring (bicyclic) bond motifs is 1. The van der Waals surface area contributed by atoms with E-state index in [0.717, 1.165) is 44.3 Å². The fourth-order valence-corrected chi connectivity index (χ4v) is 4.65. The van der Waals surface area contributed by atoms with Gasteiger partial charge in [-0.25, -0.2) is 0 Å². The molecule has 2 aromatic carbocycles. The Morgan fingerprint density at radius 2 is 1.83 bits per heavy atom. The Hall–Kier alpha value is -2.63. The highest BCUT2D eigenvalue weighted by Crippen LogP contribution is 2.36. The molecule has 2 aromatic rings. The molecule has 0 radical (unpaired) electrons. The highest BCUT2D eigenvalue weighted by molar-refractivity contribution is 5.83. The summed E-state index contributed by atoms with van der Waals surface area (Å²) in [6.45, 7) is 5.36. The summed E-state index contributed by atoms with van der Waals surface area (Å²) >= 11 is 0. The Kier molecular flexibility index (Phi) is 5.43. The Morgan fingerprint density at radius 3 is 2.55 bits per heavy atom. The van der Waals surface area contributed by atoms with Gasteiger partial charge in [0.1, 0.15) is 11.4 Å².